The first kappa shape index (κ1) is 17.7. The molecule has 0 N–H and O–H groups in total. The summed E-state index contributed by atoms with van der Waals surface area (Å²) in [7, 11) is 0. The van der Waals surface area contributed by atoms with Gasteiger partial charge in [-0.05, 0) is 63.1 Å². The summed E-state index contributed by atoms with van der Waals surface area (Å²) in [4.78, 5) is 0. The lowest BCUT2D eigenvalue weighted by atomic mass is 9.70. The Balaban J connectivity index is 1.91. The van der Waals surface area contributed by atoms with Crippen LogP contribution >= 0.6 is 0 Å². The van der Waals surface area contributed by atoms with Crippen molar-refractivity contribution in [2.45, 2.75) is 64.2 Å². The summed E-state index contributed by atoms with van der Waals surface area (Å²) in [5.74, 6) is 0. The van der Waals surface area contributed by atoms with Gasteiger partial charge in [0.25, 0.3) is 0 Å². The number of hydrogen-bond donors (Lipinski definition) is 0. The van der Waals surface area contributed by atoms with Gasteiger partial charge < -0.3 is 0 Å². The number of hydrogen-bond acceptors (Lipinski definition) is 0. The molecule has 0 heterocycles. The molecular weight excluding hydrogens is 336 g/mol. The van der Waals surface area contributed by atoms with E-state index in [4.69, 9.17) is 0 Å². The van der Waals surface area contributed by atoms with Crippen molar-refractivity contribution in [3.63, 3.8) is 0 Å². The Bertz CT molecular complexity index is 1110. The third kappa shape index (κ3) is 2.18. The van der Waals surface area contributed by atoms with E-state index in [9.17, 15) is 0 Å². The minimum Gasteiger partial charge on any atom is -0.0619 e. The van der Waals surface area contributed by atoms with E-state index in [1.54, 1.807) is 0 Å². The second-order valence-electron chi connectivity index (χ2n) is 10.6. The highest BCUT2D eigenvalue weighted by Gasteiger charge is 2.54. The zero-order chi connectivity index (χ0) is 19.9. The van der Waals surface area contributed by atoms with Gasteiger partial charge in [-0.2, -0.15) is 0 Å². The lowest BCUT2D eigenvalue weighted by molar-refractivity contribution is 0.449. The average Bonchev–Trinajstić information content (AvgIpc) is 3.04. The van der Waals surface area contributed by atoms with Crippen LogP contribution in [0.5, 0.6) is 0 Å². The molecule has 0 aliphatic heterocycles. The molecular formula is C28H30. The monoisotopic (exact) mass is 366 g/mol. The first-order valence-electron chi connectivity index (χ1n) is 10.5. The third-order valence-corrected chi connectivity index (χ3v) is 7.09. The van der Waals surface area contributed by atoms with E-state index in [-0.39, 0.29) is 16.2 Å². The maximum absolute atomic E-state index is 2.53. The Morgan fingerprint density at radius 3 is 2.18 bits per heavy atom. The largest absolute Gasteiger partial charge is 0.0619 e. The minimum atomic E-state index is -0.0297. The first-order chi connectivity index (χ1) is 13.1. The third-order valence-electron chi connectivity index (χ3n) is 7.09. The molecule has 0 saturated heterocycles. The fourth-order valence-electron chi connectivity index (χ4n) is 5.77. The molecule has 0 saturated carbocycles. The Morgan fingerprint density at radius 2 is 1.43 bits per heavy atom. The lowest BCUT2D eigenvalue weighted by Gasteiger charge is -2.31. The Morgan fingerprint density at radius 1 is 0.714 bits per heavy atom. The summed E-state index contributed by atoms with van der Waals surface area (Å²) in [6.07, 6.45) is 1.14. The number of rotatable bonds is 0. The van der Waals surface area contributed by atoms with Gasteiger partial charge in [-0.25, -0.2) is 0 Å². The predicted octanol–water partition coefficient (Wildman–Crippen LogP) is 7.29. The Labute approximate surface area is 169 Å². The van der Waals surface area contributed by atoms with E-state index in [0.29, 0.717) is 0 Å². The maximum Gasteiger partial charge on any atom is 0.0475 e. The van der Waals surface area contributed by atoms with Crippen molar-refractivity contribution in [3.05, 3.63) is 94.0 Å². The van der Waals surface area contributed by atoms with Crippen molar-refractivity contribution in [2.24, 2.45) is 0 Å². The van der Waals surface area contributed by atoms with Crippen molar-refractivity contribution in [3.8, 4) is 11.1 Å². The zero-order valence-corrected chi connectivity index (χ0v) is 18.0. The van der Waals surface area contributed by atoms with Crippen LogP contribution in [0.1, 0.15) is 74.4 Å². The van der Waals surface area contributed by atoms with Crippen molar-refractivity contribution < 1.29 is 0 Å². The molecule has 0 fully saturated rings. The van der Waals surface area contributed by atoms with Gasteiger partial charge in [0.15, 0.2) is 0 Å². The standard InChI is InChI=1S/C28H30/c1-18-11-13-21-20-9-7-8-10-22(20)28(24(21)15-18)17-27(5,6)23-14-12-19(16-25(23)28)26(2,3)4/h7-16H,17H2,1-6H3. The van der Waals surface area contributed by atoms with Gasteiger partial charge in [0, 0.05) is 5.41 Å². The van der Waals surface area contributed by atoms with Crippen LogP contribution in [-0.2, 0) is 16.2 Å². The molecule has 3 aromatic carbocycles. The van der Waals surface area contributed by atoms with E-state index < -0.39 is 0 Å². The average molecular weight is 367 g/mol. The molecule has 0 bridgehead atoms. The molecule has 0 amide bonds. The SMILES string of the molecule is Cc1ccc2c(c1)C1(CC(C)(C)c3ccc(C(C)(C)C)cc31)c1ccccc1-2. The molecule has 0 heteroatoms. The number of aryl methyl sites for hydroxylation is 1. The van der Waals surface area contributed by atoms with Crippen LogP contribution in [0.25, 0.3) is 11.1 Å². The predicted molar refractivity (Wildman–Crippen MR) is 119 cm³/mol. The highest BCUT2D eigenvalue weighted by Crippen LogP contribution is 2.63. The van der Waals surface area contributed by atoms with E-state index in [0.717, 1.165) is 6.42 Å². The van der Waals surface area contributed by atoms with E-state index in [1.165, 1.54) is 44.5 Å². The van der Waals surface area contributed by atoms with Crippen LogP contribution in [0.15, 0.2) is 60.7 Å². The van der Waals surface area contributed by atoms with Gasteiger partial charge in [0.05, 0.1) is 0 Å². The quantitative estimate of drug-likeness (QED) is 0.392. The molecule has 0 nitrogen and oxygen atoms in total. The maximum atomic E-state index is 2.53. The normalized spacial score (nSPS) is 21.5. The van der Waals surface area contributed by atoms with Gasteiger partial charge in [0.1, 0.15) is 0 Å². The fourth-order valence-corrected chi connectivity index (χ4v) is 5.77. The van der Waals surface area contributed by atoms with Gasteiger partial charge >= 0.3 is 0 Å². The second-order valence-corrected chi connectivity index (χ2v) is 10.6. The van der Waals surface area contributed by atoms with Gasteiger partial charge in [0.2, 0.25) is 0 Å². The Kier molecular flexibility index (Phi) is 3.41. The number of benzene rings is 3. The molecule has 1 spiro atoms. The summed E-state index contributed by atoms with van der Waals surface area (Å²) >= 11 is 0. The molecule has 142 valence electrons. The molecule has 1 unspecified atom stereocenters. The summed E-state index contributed by atoms with van der Waals surface area (Å²) < 4.78 is 0. The van der Waals surface area contributed by atoms with Gasteiger partial charge in [-0.1, -0.05) is 101 Å². The molecule has 3 aromatic rings. The van der Waals surface area contributed by atoms with Crippen molar-refractivity contribution in [2.75, 3.05) is 0 Å². The molecule has 0 aromatic heterocycles. The molecule has 2 aliphatic carbocycles. The van der Waals surface area contributed by atoms with Crippen LogP contribution in [0.4, 0.5) is 0 Å². The van der Waals surface area contributed by atoms with Crippen LogP contribution in [0.2, 0.25) is 0 Å². The summed E-state index contributed by atoms with van der Waals surface area (Å²) in [6.45, 7) is 14.0. The topological polar surface area (TPSA) is 0 Å². The van der Waals surface area contributed by atoms with Gasteiger partial charge in [-0.3, -0.25) is 0 Å². The van der Waals surface area contributed by atoms with E-state index >= 15 is 0 Å². The Hall–Kier alpha value is -2.34. The zero-order valence-electron chi connectivity index (χ0n) is 18.0. The summed E-state index contributed by atoms with van der Waals surface area (Å²) in [6, 6.07) is 23.5. The van der Waals surface area contributed by atoms with E-state index in [2.05, 4.69) is 102 Å². The van der Waals surface area contributed by atoms with Crippen LogP contribution in [-0.4, -0.2) is 0 Å². The molecule has 2 aliphatic rings. The van der Waals surface area contributed by atoms with Crippen molar-refractivity contribution in [1.29, 1.82) is 0 Å². The highest BCUT2D eigenvalue weighted by atomic mass is 14.6. The highest BCUT2D eigenvalue weighted by molar-refractivity contribution is 5.85. The van der Waals surface area contributed by atoms with Crippen LogP contribution < -0.4 is 0 Å². The lowest BCUT2D eigenvalue weighted by Crippen LogP contribution is -2.26. The fraction of sp³-hybridized carbons (Fsp3) is 0.357. The molecule has 28 heavy (non-hydrogen) atoms. The van der Waals surface area contributed by atoms with Crippen molar-refractivity contribution >= 4 is 0 Å². The van der Waals surface area contributed by atoms with Crippen LogP contribution in [0.3, 0.4) is 0 Å². The first-order valence-corrected chi connectivity index (χ1v) is 10.5. The smallest absolute Gasteiger partial charge is 0.0475 e. The van der Waals surface area contributed by atoms with E-state index in [1.807, 2.05) is 0 Å². The molecule has 5 rings (SSSR count). The van der Waals surface area contributed by atoms with Crippen molar-refractivity contribution in [1.82, 2.24) is 0 Å². The summed E-state index contributed by atoms with van der Waals surface area (Å²) in [5.41, 5.74) is 11.9. The number of fused-ring (bicyclic) bond motifs is 7. The summed E-state index contributed by atoms with van der Waals surface area (Å²) in [5, 5.41) is 0. The minimum absolute atomic E-state index is 0.0297. The van der Waals surface area contributed by atoms with Gasteiger partial charge in [-0.15, -0.1) is 0 Å². The molecule has 1 atom stereocenters. The molecule has 0 radical (unpaired) electrons. The van der Waals surface area contributed by atoms with Crippen LogP contribution in [0, 0.1) is 6.92 Å². The second kappa shape index (κ2) is 5.38.